The SMILES string of the molecule is O=C(CCn1cccn1)CC1CCC(CCN2CCc3sc(OCC(F)F)nc3C2)CC1. The van der Waals surface area contributed by atoms with Crippen LogP contribution in [0.4, 0.5) is 8.78 Å². The van der Waals surface area contributed by atoms with Gasteiger partial charge in [-0.3, -0.25) is 14.4 Å². The number of rotatable bonds is 11. The number of hydrogen-bond acceptors (Lipinski definition) is 6. The number of ketones is 1. The number of fused-ring (bicyclic) bond motifs is 1. The minimum atomic E-state index is -2.47. The molecular formula is C23H32F2N4O2S. The Hall–Kier alpha value is -1.87. The minimum absolute atomic E-state index is 0.355. The highest BCUT2D eigenvalue weighted by Crippen LogP contribution is 2.34. The second-order valence-corrected chi connectivity index (χ2v) is 10.1. The van der Waals surface area contributed by atoms with Gasteiger partial charge in [0.25, 0.3) is 11.6 Å². The smallest absolute Gasteiger partial charge is 0.273 e. The summed E-state index contributed by atoms with van der Waals surface area (Å²) in [4.78, 5) is 20.3. The van der Waals surface area contributed by atoms with Crippen molar-refractivity contribution in [1.82, 2.24) is 19.7 Å². The second kappa shape index (κ2) is 11.3. The van der Waals surface area contributed by atoms with Crippen LogP contribution in [-0.4, -0.2) is 51.6 Å². The maximum Gasteiger partial charge on any atom is 0.273 e. The van der Waals surface area contributed by atoms with E-state index in [0.717, 1.165) is 50.5 Å². The lowest BCUT2D eigenvalue weighted by Gasteiger charge is -2.31. The number of thiazole rings is 1. The van der Waals surface area contributed by atoms with E-state index in [2.05, 4.69) is 15.0 Å². The summed E-state index contributed by atoms with van der Waals surface area (Å²) in [6.07, 6.45) is 9.27. The van der Waals surface area contributed by atoms with Crippen molar-refractivity contribution >= 4 is 17.1 Å². The van der Waals surface area contributed by atoms with Crippen molar-refractivity contribution in [2.75, 3.05) is 19.7 Å². The first-order valence-corrected chi connectivity index (χ1v) is 12.5. The third-order valence-electron chi connectivity index (χ3n) is 6.64. The molecule has 2 aliphatic rings. The summed E-state index contributed by atoms with van der Waals surface area (Å²) in [5, 5.41) is 4.53. The normalized spacial score (nSPS) is 21.6. The van der Waals surface area contributed by atoms with Gasteiger partial charge in [-0.05, 0) is 50.1 Å². The number of hydrogen-bond donors (Lipinski definition) is 0. The van der Waals surface area contributed by atoms with Crippen LogP contribution in [0.2, 0.25) is 0 Å². The van der Waals surface area contributed by atoms with Gasteiger partial charge in [0.2, 0.25) is 0 Å². The summed E-state index contributed by atoms with van der Waals surface area (Å²) in [7, 11) is 0. The molecule has 1 fully saturated rings. The van der Waals surface area contributed by atoms with Gasteiger partial charge in [0.1, 0.15) is 5.78 Å². The lowest BCUT2D eigenvalue weighted by Crippen LogP contribution is -2.32. The molecule has 0 spiro atoms. The molecule has 0 N–H and O–H groups in total. The Balaban J connectivity index is 1.12. The maximum absolute atomic E-state index is 12.3. The van der Waals surface area contributed by atoms with E-state index in [-0.39, 0.29) is 0 Å². The highest BCUT2D eigenvalue weighted by Gasteiger charge is 2.25. The van der Waals surface area contributed by atoms with Crippen molar-refractivity contribution in [2.24, 2.45) is 11.8 Å². The molecule has 0 bridgehead atoms. The third kappa shape index (κ3) is 6.81. The zero-order valence-electron chi connectivity index (χ0n) is 18.4. The van der Waals surface area contributed by atoms with Crippen LogP contribution < -0.4 is 4.74 Å². The second-order valence-electron chi connectivity index (χ2n) is 9.02. The Morgan fingerprint density at radius 3 is 2.78 bits per heavy atom. The quantitative estimate of drug-likeness (QED) is 0.485. The van der Waals surface area contributed by atoms with E-state index in [1.54, 1.807) is 6.20 Å². The molecule has 32 heavy (non-hydrogen) atoms. The minimum Gasteiger partial charge on any atom is -0.464 e. The Morgan fingerprint density at radius 1 is 1.22 bits per heavy atom. The first kappa shape index (κ1) is 23.3. The summed E-state index contributed by atoms with van der Waals surface area (Å²) in [6.45, 7) is 2.90. The fraction of sp³-hybridized carbons (Fsp3) is 0.696. The molecule has 1 saturated carbocycles. The van der Waals surface area contributed by atoms with Gasteiger partial charge in [0.05, 0.1) is 5.69 Å². The van der Waals surface area contributed by atoms with E-state index in [1.807, 2.05) is 16.9 Å². The van der Waals surface area contributed by atoms with Crippen LogP contribution >= 0.6 is 11.3 Å². The van der Waals surface area contributed by atoms with Gasteiger partial charge in [-0.25, -0.2) is 13.8 Å². The van der Waals surface area contributed by atoms with Crippen molar-refractivity contribution < 1.29 is 18.3 Å². The van der Waals surface area contributed by atoms with Crippen molar-refractivity contribution in [3.63, 3.8) is 0 Å². The molecule has 4 rings (SSSR count). The van der Waals surface area contributed by atoms with Gasteiger partial charge in [0.15, 0.2) is 6.61 Å². The third-order valence-corrected chi connectivity index (χ3v) is 7.70. The molecule has 6 nitrogen and oxygen atoms in total. The number of carbonyl (C=O) groups is 1. The van der Waals surface area contributed by atoms with E-state index in [1.165, 1.54) is 35.5 Å². The Morgan fingerprint density at radius 2 is 2.03 bits per heavy atom. The first-order chi connectivity index (χ1) is 15.5. The molecular weight excluding hydrogens is 434 g/mol. The summed E-state index contributed by atoms with van der Waals surface area (Å²) in [6, 6.07) is 1.88. The molecule has 1 aliphatic carbocycles. The molecule has 0 atom stereocenters. The molecule has 3 heterocycles. The monoisotopic (exact) mass is 466 g/mol. The first-order valence-electron chi connectivity index (χ1n) is 11.7. The zero-order chi connectivity index (χ0) is 22.3. The number of Topliss-reactive ketones (excluding diaryl/α,β-unsaturated/α-hetero) is 1. The van der Waals surface area contributed by atoms with Gasteiger partial charge in [-0.1, -0.05) is 24.2 Å². The predicted octanol–water partition coefficient (Wildman–Crippen LogP) is 4.59. The van der Waals surface area contributed by atoms with E-state index >= 15 is 0 Å². The number of halogens is 2. The fourth-order valence-electron chi connectivity index (χ4n) is 4.80. The van der Waals surface area contributed by atoms with E-state index in [4.69, 9.17) is 4.74 Å². The molecule has 176 valence electrons. The standard InChI is InChI=1S/C23H32F2N4O2S/c24-22(25)16-31-23-27-20-15-28(12-8-21(20)32-23)11-6-17-2-4-18(5-3-17)14-19(30)7-13-29-10-1-9-26-29/h1,9-10,17-18,22H,2-8,11-16H2. The molecule has 2 aromatic rings. The highest BCUT2D eigenvalue weighted by atomic mass is 32.1. The highest BCUT2D eigenvalue weighted by molar-refractivity contribution is 7.13. The summed E-state index contributed by atoms with van der Waals surface area (Å²) >= 11 is 1.41. The maximum atomic E-state index is 12.3. The number of alkyl halides is 2. The van der Waals surface area contributed by atoms with Crippen LogP contribution in [0.3, 0.4) is 0 Å². The van der Waals surface area contributed by atoms with Gasteiger partial charge in [-0.15, -0.1) is 0 Å². The van der Waals surface area contributed by atoms with E-state index in [9.17, 15) is 13.6 Å². The van der Waals surface area contributed by atoms with Crippen molar-refractivity contribution in [3.8, 4) is 5.19 Å². The van der Waals surface area contributed by atoms with Gasteiger partial charge in [0, 0.05) is 49.7 Å². The van der Waals surface area contributed by atoms with Crippen LogP contribution in [0.1, 0.15) is 55.5 Å². The molecule has 2 aromatic heterocycles. The van der Waals surface area contributed by atoms with Crippen LogP contribution in [0.15, 0.2) is 18.5 Å². The molecule has 0 amide bonds. The van der Waals surface area contributed by atoms with Crippen molar-refractivity contribution in [1.29, 1.82) is 0 Å². The zero-order valence-corrected chi connectivity index (χ0v) is 19.2. The van der Waals surface area contributed by atoms with Crippen LogP contribution in [0.25, 0.3) is 0 Å². The topological polar surface area (TPSA) is 60.2 Å². The van der Waals surface area contributed by atoms with Crippen molar-refractivity contribution in [3.05, 3.63) is 29.0 Å². The lowest BCUT2D eigenvalue weighted by atomic mass is 9.78. The lowest BCUT2D eigenvalue weighted by molar-refractivity contribution is -0.120. The van der Waals surface area contributed by atoms with Crippen LogP contribution in [0, 0.1) is 11.8 Å². The van der Waals surface area contributed by atoms with Gasteiger partial charge in [-0.2, -0.15) is 5.10 Å². The Labute approximate surface area is 192 Å². The summed E-state index contributed by atoms with van der Waals surface area (Å²) in [5.41, 5.74) is 0.989. The summed E-state index contributed by atoms with van der Waals surface area (Å²) < 4.78 is 31.6. The molecule has 0 unspecified atom stereocenters. The Kier molecular flexibility index (Phi) is 8.24. The number of nitrogens with zero attached hydrogens (tertiary/aromatic N) is 4. The number of aromatic nitrogens is 3. The number of carbonyl (C=O) groups excluding carboxylic acids is 1. The fourth-order valence-corrected chi connectivity index (χ4v) is 5.72. The number of ether oxygens (including phenoxy) is 1. The van der Waals surface area contributed by atoms with Gasteiger partial charge >= 0.3 is 0 Å². The average Bonchev–Trinajstić information content (AvgIpc) is 3.45. The summed E-state index contributed by atoms with van der Waals surface area (Å²) in [5.74, 6) is 1.62. The largest absolute Gasteiger partial charge is 0.464 e. The molecule has 9 heteroatoms. The molecule has 0 radical (unpaired) electrons. The Bertz CT molecular complexity index is 850. The average molecular weight is 467 g/mol. The van der Waals surface area contributed by atoms with Crippen molar-refractivity contribution in [2.45, 2.75) is 70.9 Å². The predicted molar refractivity (Wildman–Crippen MR) is 119 cm³/mol. The molecule has 1 aliphatic heterocycles. The molecule has 0 saturated heterocycles. The van der Waals surface area contributed by atoms with E-state index in [0.29, 0.717) is 36.3 Å². The van der Waals surface area contributed by atoms with Gasteiger partial charge < -0.3 is 4.74 Å². The number of aryl methyl sites for hydroxylation is 1. The molecule has 0 aromatic carbocycles. The van der Waals surface area contributed by atoms with Crippen LogP contribution in [0.5, 0.6) is 5.19 Å². The van der Waals surface area contributed by atoms with E-state index < -0.39 is 13.0 Å². The van der Waals surface area contributed by atoms with Crippen LogP contribution in [-0.2, 0) is 24.3 Å².